The molecule has 0 bridgehead atoms. The summed E-state index contributed by atoms with van der Waals surface area (Å²) in [5.74, 6) is -0.0894. The van der Waals surface area contributed by atoms with E-state index in [9.17, 15) is 9.59 Å². The number of cyclic esters (lactones) is 1. The first kappa shape index (κ1) is 13.2. The molecule has 0 aliphatic carbocycles. The molecule has 2 heterocycles. The van der Waals surface area contributed by atoms with Crippen LogP contribution in [0.3, 0.4) is 0 Å². The maximum atomic E-state index is 11.8. The first-order valence-electron chi connectivity index (χ1n) is 6.59. The van der Waals surface area contributed by atoms with Crippen LogP contribution in [0.25, 0.3) is 0 Å². The van der Waals surface area contributed by atoms with Crippen molar-refractivity contribution >= 4 is 17.7 Å². The van der Waals surface area contributed by atoms with Crippen molar-refractivity contribution in [2.24, 2.45) is 0 Å². The average Bonchev–Trinajstić information content (AvgIpc) is 3.15. The van der Waals surface area contributed by atoms with Gasteiger partial charge in [0.05, 0.1) is 19.4 Å². The third kappa shape index (κ3) is 2.89. The van der Waals surface area contributed by atoms with Crippen molar-refractivity contribution < 1.29 is 18.7 Å². The second-order valence-corrected chi connectivity index (χ2v) is 4.64. The number of para-hydroxylation sites is 1. The zero-order chi connectivity index (χ0) is 14.7. The number of carbonyl (C=O) groups excluding carboxylic acids is 2. The molecule has 2 aromatic rings. The number of hydrogen-bond acceptors (Lipinski definition) is 4. The van der Waals surface area contributed by atoms with Crippen LogP contribution in [0.1, 0.15) is 10.6 Å². The van der Waals surface area contributed by atoms with Gasteiger partial charge in [0.1, 0.15) is 6.10 Å². The number of ether oxygens (including phenoxy) is 1. The first-order chi connectivity index (χ1) is 10.2. The highest BCUT2D eigenvalue weighted by Gasteiger charge is 2.32. The number of nitrogens with zero attached hydrogens (tertiary/aromatic N) is 1. The van der Waals surface area contributed by atoms with E-state index in [4.69, 9.17) is 9.15 Å². The third-order valence-electron chi connectivity index (χ3n) is 3.18. The molecule has 1 fully saturated rings. The predicted octanol–water partition coefficient (Wildman–Crippen LogP) is 2.03. The van der Waals surface area contributed by atoms with Gasteiger partial charge >= 0.3 is 6.09 Å². The van der Waals surface area contributed by atoms with Crippen molar-refractivity contribution in [3.05, 3.63) is 54.5 Å². The van der Waals surface area contributed by atoms with Crippen molar-refractivity contribution in [3.8, 4) is 0 Å². The molecule has 1 aromatic heterocycles. The van der Waals surface area contributed by atoms with Gasteiger partial charge in [-0.05, 0) is 24.3 Å². The van der Waals surface area contributed by atoms with Crippen LogP contribution in [-0.4, -0.2) is 31.2 Å². The molecule has 6 nitrogen and oxygen atoms in total. The Bertz CT molecular complexity index is 624. The minimum absolute atomic E-state index is 0.235. The SMILES string of the molecule is O=C(NCC1CN(c2ccccc2)C(=O)O1)c1ccco1. The maximum absolute atomic E-state index is 11.8. The molecule has 21 heavy (non-hydrogen) atoms. The highest BCUT2D eigenvalue weighted by atomic mass is 16.6. The van der Waals surface area contributed by atoms with Crippen molar-refractivity contribution in [2.45, 2.75) is 6.10 Å². The van der Waals surface area contributed by atoms with E-state index >= 15 is 0 Å². The fraction of sp³-hybridized carbons (Fsp3) is 0.200. The van der Waals surface area contributed by atoms with E-state index in [1.54, 1.807) is 17.0 Å². The lowest BCUT2D eigenvalue weighted by Gasteiger charge is -2.12. The van der Waals surface area contributed by atoms with Gasteiger partial charge in [-0.1, -0.05) is 18.2 Å². The Hall–Kier alpha value is -2.76. The smallest absolute Gasteiger partial charge is 0.414 e. The molecule has 0 radical (unpaired) electrons. The number of rotatable bonds is 4. The highest BCUT2D eigenvalue weighted by molar-refractivity contribution is 5.92. The van der Waals surface area contributed by atoms with Crippen molar-refractivity contribution in [1.29, 1.82) is 0 Å². The summed E-state index contributed by atoms with van der Waals surface area (Å²) in [5.41, 5.74) is 0.780. The van der Waals surface area contributed by atoms with Crippen LogP contribution in [0.2, 0.25) is 0 Å². The van der Waals surface area contributed by atoms with Crippen LogP contribution >= 0.6 is 0 Å². The summed E-state index contributed by atoms with van der Waals surface area (Å²) in [5, 5.41) is 2.68. The zero-order valence-electron chi connectivity index (χ0n) is 11.2. The molecule has 1 unspecified atom stereocenters. The number of nitrogens with one attached hydrogen (secondary N) is 1. The van der Waals surface area contributed by atoms with Crippen LogP contribution in [0.4, 0.5) is 10.5 Å². The molecule has 1 saturated heterocycles. The highest BCUT2D eigenvalue weighted by Crippen LogP contribution is 2.20. The maximum Gasteiger partial charge on any atom is 0.414 e. The van der Waals surface area contributed by atoms with E-state index in [0.29, 0.717) is 6.54 Å². The molecule has 2 amide bonds. The van der Waals surface area contributed by atoms with Crippen LogP contribution in [0, 0.1) is 0 Å². The van der Waals surface area contributed by atoms with E-state index in [-0.39, 0.29) is 24.3 Å². The lowest BCUT2D eigenvalue weighted by molar-refractivity contribution is 0.0889. The predicted molar refractivity (Wildman–Crippen MR) is 75.1 cm³/mol. The van der Waals surface area contributed by atoms with E-state index < -0.39 is 6.09 Å². The van der Waals surface area contributed by atoms with Crippen molar-refractivity contribution in [3.63, 3.8) is 0 Å². The third-order valence-corrected chi connectivity index (χ3v) is 3.18. The van der Waals surface area contributed by atoms with Crippen LogP contribution in [0.5, 0.6) is 0 Å². The monoisotopic (exact) mass is 286 g/mol. The van der Waals surface area contributed by atoms with E-state index in [1.165, 1.54) is 6.26 Å². The Morgan fingerprint density at radius 2 is 2.05 bits per heavy atom. The number of carbonyl (C=O) groups is 2. The van der Waals surface area contributed by atoms with Crippen LogP contribution in [0.15, 0.2) is 53.1 Å². The number of anilines is 1. The van der Waals surface area contributed by atoms with Crippen molar-refractivity contribution in [2.75, 3.05) is 18.0 Å². The molecule has 1 atom stereocenters. The van der Waals surface area contributed by atoms with Crippen LogP contribution in [-0.2, 0) is 4.74 Å². The first-order valence-corrected chi connectivity index (χ1v) is 6.59. The van der Waals surface area contributed by atoms with Gasteiger partial charge in [-0.15, -0.1) is 0 Å². The van der Waals surface area contributed by atoms with Gasteiger partial charge in [0.25, 0.3) is 5.91 Å². The molecule has 0 saturated carbocycles. The number of hydrogen-bond donors (Lipinski definition) is 1. The Morgan fingerprint density at radius 3 is 2.76 bits per heavy atom. The van der Waals surface area contributed by atoms with E-state index in [2.05, 4.69) is 5.32 Å². The fourth-order valence-corrected chi connectivity index (χ4v) is 2.15. The zero-order valence-corrected chi connectivity index (χ0v) is 11.2. The van der Waals surface area contributed by atoms with Gasteiger partial charge < -0.3 is 14.5 Å². The standard InChI is InChI=1S/C15H14N2O4/c18-14(13-7-4-8-20-13)16-9-12-10-17(15(19)21-12)11-5-2-1-3-6-11/h1-8,12H,9-10H2,(H,16,18). The van der Waals surface area contributed by atoms with Gasteiger partial charge in [-0.3, -0.25) is 9.69 Å². The van der Waals surface area contributed by atoms with Crippen molar-refractivity contribution in [1.82, 2.24) is 5.32 Å². The van der Waals surface area contributed by atoms with Crippen LogP contribution < -0.4 is 10.2 Å². The second kappa shape index (κ2) is 5.70. The Balaban J connectivity index is 1.57. The molecular weight excluding hydrogens is 272 g/mol. The minimum atomic E-state index is -0.404. The van der Waals surface area contributed by atoms with Gasteiger partial charge in [0, 0.05) is 5.69 Å². The molecule has 1 N–H and O–H groups in total. The van der Waals surface area contributed by atoms with Gasteiger partial charge in [0.15, 0.2) is 5.76 Å². The van der Waals surface area contributed by atoms with E-state index in [1.807, 2.05) is 30.3 Å². The summed E-state index contributed by atoms with van der Waals surface area (Å²) in [4.78, 5) is 25.1. The molecule has 108 valence electrons. The van der Waals surface area contributed by atoms with Gasteiger partial charge in [0.2, 0.25) is 0 Å². The lowest BCUT2D eigenvalue weighted by atomic mass is 10.2. The Kier molecular flexibility index (Phi) is 3.59. The Morgan fingerprint density at radius 1 is 1.24 bits per heavy atom. The number of benzene rings is 1. The molecule has 1 aliphatic heterocycles. The molecule has 3 rings (SSSR count). The second-order valence-electron chi connectivity index (χ2n) is 4.64. The number of amides is 2. The Labute approximate surface area is 121 Å². The number of furan rings is 1. The lowest BCUT2D eigenvalue weighted by Crippen LogP contribution is -2.34. The largest absolute Gasteiger partial charge is 0.459 e. The molecule has 1 aromatic carbocycles. The average molecular weight is 286 g/mol. The topological polar surface area (TPSA) is 71.8 Å². The summed E-state index contributed by atoms with van der Waals surface area (Å²) in [7, 11) is 0. The van der Waals surface area contributed by atoms with Gasteiger partial charge in [-0.2, -0.15) is 0 Å². The fourth-order valence-electron chi connectivity index (χ4n) is 2.15. The minimum Gasteiger partial charge on any atom is -0.459 e. The summed E-state index contributed by atoms with van der Waals surface area (Å²) in [6.07, 6.45) is 0.650. The molecule has 1 aliphatic rings. The molecular formula is C15H14N2O4. The van der Waals surface area contributed by atoms with Gasteiger partial charge in [-0.25, -0.2) is 4.79 Å². The summed E-state index contributed by atoms with van der Waals surface area (Å²) in [6, 6.07) is 12.5. The summed E-state index contributed by atoms with van der Waals surface area (Å²) in [6.45, 7) is 0.649. The normalized spacial score (nSPS) is 17.6. The molecule has 0 spiro atoms. The molecule has 6 heteroatoms. The quantitative estimate of drug-likeness (QED) is 0.933. The summed E-state index contributed by atoms with van der Waals surface area (Å²) < 4.78 is 10.2. The van der Waals surface area contributed by atoms with E-state index in [0.717, 1.165) is 5.69 Å². The summed E-state index contributed by atoms with van der Waals surface area (Å²) >= 11 is 0.